The van der Waals surface area contributed by atoms with Crippen molar-refractivity contribution >= 4 is 23.2 Å². The van der Waals surface area contributed by atoms with Gasteiger partial charge in [0.25, 0.3) is 0 Å². The lowest BCUT2D eigenvalue weighted by Crippen LogP contribution is -2.10. The molecule has 1 aromatic carbocycles. The molecular formula is C10H11ClFNO. The van der Waals surface area contributed by atoms with Gasteiger partial charge in [-0.2, -0.15) is 0 Å². The summed E-state index contributed by atoms with van der Waals surface area (Å²) in [5, 5.41) is 2.69. The topological polar surface area (TPSA) is 29.1 Å². The van der Waals surface area contributed by atoms with Crippen molar-refractivity contribution in [3.05, 3.63) is 28.5 Å². The molecule has 0 aliphatic rings. The van der Waals surface area contributed by atoms with Crippen molar-refractivity contribution in [2.24, 2.45) is 0 Å². The van der Waals surface area contributed by atoms with Crippen LogP contribution in [-0.2, 0) is 4.79 Å². The quantitative estimate of drug-likeness (QED) is 0.807. The average molecular weight is 216 g/mol. The molecular weight excluding hydrogens is 205 g/mol. The molecule has 2 nitrogen and oxygen atoms in total. The molecule has 76 valence electrons. The number of benzene rings is 1. The second-order valence-corrected chi connectivity index (χ2v) is 3.31. The van der Waals surface area contributed by atoms with Gasteiger partial charge in [-0.3, -0.25) is 4.79 Å². The van der Waals surface area contributed by atoms with E-state index >= 15 is 0 Å². The molecule has 14 heavy (non-hydrogen) atoms. The molecule has 0 aliphatic carbocycles. The molecule has 0 radical (unpaired) electrons. The Morgan fingerprint density at radius 3 is 2.79 bits per heavy atom. The minimum Gasteiger partial charge on any atom is -0.326 e. The van der Waals surface area contributed by atoms with Crippen LogP contribution in [0, 0.1) is 12.7 Å². The molecule has 1 amide bonds. The standard InChI is InChI=1S/C10H11ClFNO/c1-3-9(14)13-8-5-4-7(12)10(11)6(8)2/h4-5H,3H2,1-2H3,(H,13,14). The Balaban J connectivity index is 3.00. The number of nitrogens with one attached hydrogen (secondary N) is 1. The smallest absolute Gasteiger partial charge is 0.224 e. The second kappa shape index (κ2) is 4.42. The molecule has 0 bridgehead atoms. The highest BCUT2D eigenvalue weighted by atomic mass is 35.5. The van der Waals surface area contributed by atoms with E-state index in [-0.39, 0.29) is 10.9 Å². The van der Waals surface area contributed by atoms with Crippen molar-refractivity contribution < 1.29 is 9.18 Å². The molecule has 0 heterocycles. The lowest BCUT2D eigenvalue weighted by atomic mass is 10.2. The molecule has 0 unspecified atom stereocenters. The van der Waals surface area contributed by atoms with Gasteiger partial charge in [0.05, 0.1) is 5.02 Å². The summed E-state index contributed by atoms with van der Waals surface area (Å²) in [7, 11) is 0. The number of hydrogen-bond donors (Lipinski definition) is 1. The molecule has 0 aromatic heterocycles. The van der Waals surface area contributed by atoms with Crippen molar-refractivity contribution in [3.8, 4) is 0 Å². The third-order valence-corrected chi connectivity index (χ3v) is 2.40. The highest BCUT2D eigenvalue weighted by Gasteiger charge is 2.08. The maximum Gasteiger partial charge on any atom is 0.224 e. The number of carbonyl (C=O) groups is 1. The van der Waals surface area contributed by atoms with Gasteiger partial charge in [0.1, 0.15) is 5.82 Å². The van der Waals surface area contributed by atoms with Gasteiger partial charge in [-0.05, 0) is 24.6 Å². The van der Waals surface area contributed by atoms with E-state index in [1.54, 1.807) is 13.8 Å². The summed E-state index contributed by atoms with van der Waals surface area (Å²) in [4.78, 5) is 11.1. The van der Waals surface area contributed by atoms with E-state index in [4.69, 9.17) is 11.6 Å². The molecule has 1 N–H and O–H groups in total. The van der Waals surface area contributed by atoms with E-state index in [0.717, 1.165) is 0 Å². The molecule has 1 rings (SSSR count). The molecule has 4 heteroatoms. The van der Waals surface area contributed by atoms with E-state index in [1.807, 2.05) is 0 Å². The summed E-state index contributed by atoms with van der Waals surface area (Å²) >= 11 is 5.68. The fourth-order valence-corrected chi connectivity index (χ4v) is 1.19. The van der Waals surface area contributed by atoms with Crippen molar-refractivity contribution in [1.29, 1.82) is 0 Å². The molecule has 0 aliphatic heterocycles. The number of anilines is 1. The van der Waals surface area contributed by atoms with Crippen LogP contribution in [0.3, 0.4) is 0 Å². The number of rotatable bonds is 2. The van der Waals surface area contributed by atoms with Crippen LogP contribution < -0.4 is 5.32 Å². The number of amides is 1. The van der Waals surface area contributed by atoms with Crippen LogP contribution in [0.1, 0.15) is 18.9 Å². The number of carbonyl (C=O) groups excluding carboxylic acids is 1. The van der Waals surface area contributed by atoms with Crippen LogP contribution in [-0.4, -0.2) is 5.91 Å². The van der Waals surface area contributed by atoms with Crippen LogP contribution in [0.2, 0.25) is 5.02 Å². The third kappa shape index (κ3) is 2.23. The monoisotopic (exact) mass is 215 g/mol. The Labute approximate surface area is 87.1 Å². The summed E-state index contributed by atoms with van der Waals surface area (Å²) < 4.78 is 12.9. The summed E-state index contributed by atoms with van der Waals surface area (Å²) in [6, 6.07) is 2.74. The van der Waals surface area contributed by atoms with Crippen molar-refractivity contribution in [2.75, 3.05) is 5.32 Å². The summed E-state index contributed by atoms with van der Waals surface area (Å²) in [6.45, 7) is 3.41. The lowest BCUT2D eigenvalue weighted by molar-refractivity contribution is -0.115. The number of halogens is 2. The fraction of sp³-hybridized carbons (Fsp3) is 0.300. The van der Waals surface area contributed by atoms with Gasteiger partial charge in [-0.25, -0.2) is 4.39 Å². The van der Waals surface area contributed by atoms with Crippen molar-refractivity contribution in [3.63, 3.8) is 0 Å². The minimum absolute atomic E-state index is 0.0545. The van der Waals surface area contributed by atoms with Crippen LogP contribution in [0.25, 0.3) is 0 Å². The Kier molecular flexibility index (Phi) is 3.47. The maximum atomic E-state index is 12.9. The maximum absolute atomic E-state index is 12.9. The van der Waals surface area contributed by atoms with Crippen molar-refractivity contribution in [1.82, 2.24) is 0 Å². The number of hydrogen-bond acceptors (Lipinski definition) is 1. The Morgan fingerprint density at radius 1 is 1.57 bits per heavy atom. The zero-order chi connectivity index (χ0) is 10.7. The van der Waals surface area contributed by atoms with Gasteiger partial charge >= 0.3 is 0 Å². The van der Waals surface area contributed by atoms with Crippen LogP contribution in [0.4, 0.5) is 10.1 Å². The third-order valence-electron chi connectivity index (χ3n) is 1.93. The minimum atomic E-state index is -0.473. The highest BCUT2D eigenvalue weighted by Crippen LogP contribution is 2.26. The highest BCUT2D eigenvalue weighted by molar-refractivity contribution is 6.32. The van der Waals surface area contributed by atoms with E-state index in [1.165, 1.54) is 12.1 Å². The second-order valence-electron chi connectivity index (χ2n) is 2.94. The zero-order valence-corrected chi connectivity index (χ0v) is 8.78. The molecule has 0 saturated carbocycles. The summed E-state index contributed by atoms with van der Waals surface area (Å²) in [5.74, 6) is -0.588. The van der Waals surface area contributed by atoms with E-state index in [2.05, 4.69) is 5.32 Å². The van der Waals surface area contributed by atoms with Gasteiger partial charge in [0, 0.05) is 12.1 Å². The average Bonchev–Trinajstić information content (AvgIpc) is 2.19. The largest absolute Gasteiger partial charge is 0.326 e. The van der Waals surface area contributed by atoms with Crippen molar-refractivity contribution in [2.45, 2.75) is 20.3 Å². The van der Waals surface area contributed by atoms with E-state index in [9.17, 15) is 9.18 Å². The fourth-order valence-electron chi connectivity index (χ4n) is 1.03. The predicted molar refractivity (Wildman–Crippen MR) is 55.1 cm³/mol. The van der Waals surface area contributed by atoms with Gasteiger partial charge in [-0.15, -0.1) is 0 Å². The zero-order valence-electron chi connectivity index (χ0n) is 8.03. The van der Waals surface area contributed by atoms with Gasteiger partial charge < -0.3 is 5.32 Å². The van der Waals surface area contributed by atoms with Gasteiger partial charge in [-0.1, -0.05) is 18.5 Å². The Morgan fingerprint density at radius 2 is 2.21 bits per heavy atom. The van der Waals surface area contributed by atoms with E-state index < -0.39 is 5.82 Å². The first-order valence-corrected chi connectivity index (χ1v) is 4.68. The first-order valence-electron chi connectivity index (χ1n) is 4.30. The molecule has 0 atom stereocenters. The van der Waals surface area contributed by atoms with Gasteiger partial charge in [0.15, 0.2) is 0 Å². The Hall–Kier alpha value is -1.09. The van der Waals surface area contributed by atoms with E-state index in [0.29, 0.717) is 17.7 Å². The van der Waals surface area contributed by atoms with Gasteiger partial charge in [0.2, 0.25) is 5.91 Å². The SMILES string of the molecule is CCC(=O)Nc1ccc(F)c(Cl)c1C. The molecule has 1 aromatic rings. The normalized spacial score (nSPS) is 10.0. The van der Waals surface area contributed by atoms with Crippen LogP contribution >= 0.6 is 11.6 Å². The summed E-state index contributed by atoms with van der Waals surface area (Å²) in [6.07, 6.45) is 0.383. The molecule has 0 spiro atoms. The molecule has 0 fully saturated rings. The first kappa shape index (κ1) is 11.0. The van der Waals surface area contributed by atoms with Crippen LogP contribution in [0.5, 0.6) is 0 Å². The Bertz CT molecular complexity index is 365. The van der Waals surface area contributed by atoms with Crippen LogP contribution in [0.15, 0.2) is 12.1 Å². The summed E-state index contributed by atoms with van der Waals surface area (Å²) in [5.41, 5.74) is 1.11. The first-order chi connectivity index (χ1) is 6.56. The predicted octanol–water partition coefficient (Wildman–Crippen LogP) is 3.14. The molecule has 0 saturated heterocycles. The lowest BCUT2D eigenvalue weighted by Gasteiger charge is -2.08.